The number of rotatable bonds is 7. The van der Waals surface area contributed by atoms with E-state index in [1.54, 1.807) is 24.3 Å². The van der Waals surface area contributed by atoms with Gasteiger partial charge in [-0.2, -0.15) is 0 Å². The molecule has 8 heteroatoms. The van der Waals surface area contributed by atoms with Crippen LogP contribution in [0.25, 0.3) is 11.5 Å². The van der Waals surface area contributed by atoms with Crippen LogP contribution >= 0.6 is 11.8 Å². The standard InChI is InChI=1S/C23H25N5O2S/c1-17-7-9-18(10-8-17)21-24-19(15-30-21)16-31-23-26-25-22(27-11-3-2-4-12-27)28(23)14-20-6-5-13-29-20/h5-10,13,15H,2-4,11-12,14,16H2,1H3. The fourth-order valence-corrected chi connectivity index (χ4v) is 4.56. The van der Waals surface area contributed by atoms with Gasteiger partial charge in [0.2, 0.25) is 11.8 Å². The summed E-state index contributed by atoms with van der Waals surface area (Å²) in [7, 11) is 0. The second kappa shape index (κ2) is 9.01. The molecule has 0 N–H and O–H groups in total. The van der Waals surface area contributed by atoms with E-state index in [0.717, 1.165) is 41.2 Å². The van der Waals surface area contributed by atoms with E-state index in [9.17, 15) is 0 Å². The van der Waals surface area contributed by atoms with Gasteiger partial charge in [0, 0.05) is 24.4 Å². The van der Waals surface area contributed by atoms with Gasteiger partial charge >= 0.3 is 0 Å². The third kappa shape index (κ3) is 4.54. The van der Waals surface area contributed by atoms with Crippen LogP contribution in [0.5, 0.6) is 0 Å². The van der Waals surface area contributed by atoms with Crippen molar-refractivity contribution < 1.29 is 8.83 Å². The van der Waals surface area contributed by atoms with Crippen LogP contribution in [-0.2, 0) is 12.3 Å². The molecule has 31 heavy (non-hydrogen) atoms. The number of oxazole rings is 1. The summed E-state index contributed by atoms with van der Waals surface area (Å²) in [6.07, 6.45) is 7.09. The zero-order valence-electron chi connectivity index (χ0n) is 17.5. The molecule has 0 atom stereocenters. The van der Waals surface area contributed by atoms with E-state index in [1.165, 1.54) is 24.8 Å². The predicted molar refractivity (Wildman–Crippen MR) is 120 cm³/mol. The lowest BCUT2D eigenvalue weighted by Gasteiger charge is -2.27. The Morgan fingerprint density at radius 3 is 2.61 bits per heavy atom. The molecule has 1 fully saturated rings. The van der Waals surface area contributed by atoms with Crippen LogP contribution in [0.3, 0.4) is 0 Å². The molecule has 1 aromatic carbocycles. The van der Waals surface area contributed by atoms with E-state index in [0.29, 0.717) is 18.2 Å². The maximum atomic E-state index is 5.70. The molecular weight excluding hydrogens is 410 g/mol. The van der Waals surface area contributed by atoms with Crippen molar-refractivity contribution >= 4 is 17.7 Å². The van der Waals surface area contributed by atoms with Gasteiger partial charge in [-0.15, -0.1) is 10.2 Å². The minimum atomic E-state index is 0.613. The zero-order chi connectivity index (χ0) is 21.0. The first-order valence-electron chi connectivity index (χ1n) is 10.6. The lowest BCUT2D eigenvalue weighted by atomic mass is 10.1. The van der Waals surface area contributed by atoms with Gasteiger partial charge in [-0.1, -0.05) is 29.5 Å². The first kappa shape index (κ1) is 19.9. The van der Waals surface area contributed by atoms with Crippen molar-refractivity contribution in [3.63, 3.8) is 0 Å². The highest BCUT2D eigenvalue weighted by Gasteiger charge is 2.21. The van der Waals surface area contributed by atoms with Crippen molar-refractivity contribution in [3.05, 3.63) is 65.9 Å². The van der Waals surface area contributed by atoms with Gasteiger partial charge in [-0.3, -0.25) is 4.57 Å². The Hall–Kier alpha value is -3.00. The highest BCUT2D eigenvalue weighted by atomic mass is 32.2. The Balaban J connectivity index is 1.34. The Labute approximate surface area is 185 Å². The van der Waals surface area contributed by atoms with Gasteiger partial charge in [0.05, 0.1) is 18.5 Å². The van der Waals surface area contributed by atoms with Crippen molar-refractivity contribution in [2.24, 2.45) is 0 Å². The van der Waals surface area contributed by atoms with Crippen LogP contribution in [0.2, 0.25) is 0 Å². The Bertz CT molecular complexity index is 1110. The smallest absolute Gasteiger partial charge is 0.228 e. The predicted octanol–water partition coefficient (Wildman–Crippen LogP) is 5.17. The van der Waals surface area contributed by atoms with Gasteiger partial charge in [-0.25, -0.2) is 4.98 Å². The van der Waals surface area contributed by atoms with Crippen LogP contribution < -0.4 is 4.90 Å². The van der Waals surface area contributed by atoms with Gasteiger partial charge in [0.15, 0.2) is 5.16 Å². The van der Waals surface area contributed by atoms with Gasteiger partial charge < -0.3 is 13.7 Å². The molecule has 1 aliphatic rings. The highest BCUT2D eigenvalue weighted by Crippen LogP contribution is 2.28. The van der Waals surface area contributed by atoms with Crippen molar-refractivity contribution in [2.75, 3.05) is 18.0 Å². The summed E-state index contributed by atoms with van der Waals surface area (Å²) in [6.45, 7) is 4.72. The first-order chi connectivity index (χ1) is 15.3. The fraction of sp³-hybridized carbons (Fsp3) is 0.348. The van der Waals surface area contributed by atoms with E-state index < -0.39 is 0 Å². The van der Waals surface area contributed by atoms with E-state index in [4.69, 9.17) is 8.83 Å². The number of thioether (sulfide) groups is 1. The Kier molecular flexibility index (Phi) is 5.80. The number of nitrogens with zero attached hydrogens (tertiary/aromatic N) is 5. The third-order valence-electron chi connectivity index (χ3n) is 5.43. The summed E-state index contributed by atoms with van der Waals surface area (Å²) >= 11 is 1.62. The molecule has 3 aromatic heterocycles. The normalized spacial score (nSPS) is 14.3. The van der Waals surface area contributed by atoms with Crippen molar-refractivity contribution in [3.8, 4) is 11.5 Å². The second-order valence-electron chi connectivity index (χ2n) is 7.79. The lowest BCUT2D eigenvalue weighted by Crippen LogP contribution is -2.32. The monoisotopic (exact) mass is 435 g/mol. The molecular formula is C23H25N5O2S. The SMILES string of the molecule is Cc1ccc(-c2nc(CSc3nnc(N4CCCCC4)n3Cc3ccco3)co2)cc1. The average Bonchev–Trinajstić information content (AvgIpc) is 3.56. The topological polar surface area (TPSA) is 73.1 Å². The molecule has 0 radical (unpaired) electrons. The largest absolute Gasteiger partial charge is 0.467 e. The minimum absolute atomic E-state index is 0.613. The maximum Gasteiger partial charge on any atom is 0.228 e. The molecule has 0 bridgehead atoms. The first-order valence-corrected chi connectivity index (χ1v) is 11.6. The van der Waals surface area contributed by atoms with Crippen LogP contribution in [0, 0.1) is 6.92 Å². The summed E-state index contributed by atoms with van der Waals surface area (Å²) in [4.78, 5) is 6.98. The van der Waals surface area contributed by atoms with E-state index >= 15 is 0 Å². The molecule has 0 saturated carbocycles. The van der Waals surface area contributed by atoms with E-state index in [-0.39, 0.29) is 0 Å². The molecule has 1 aliphatic heterocycles. The molecule has 160 valence electrons. The molecule has 0 unspecified atom stereocenters. The Morgan fingerprint density at radius 2 is 1.84 bits per heavy atom. The average molecular weight is 436 g/mol. The number of piperidine rings is 1. The quantitative estimate of drug-likeness (QED) is 0.371. The number of furan rings is 1. The fourth-order valence-electron chi connectivity index (χ4n) is 3.75. The van der Waals surface area contributed by atoms with E-state index in [1.807, 2.05) is 24.3 Å². The summed E-state index contributed by atoms with van der Waals surface area (Å²) in [5.74, 6) is 3.11. The number of aromatic nitrogens is 4. The molecule has 0 aliphatic carbocycles. The van der Waals surface area contributed by atoms with Crippen molar-refractivity contribution in [1.82, 2.24) is 19.7 Å². The van der Waals surface area contributed by atoms with Crippen LogP contribution in [0.4, 0.5) is 5.95 Å². The van der Waals surface area contributed by atoms with Crippen molar-refractivity contribution in [1.29, 1.82) is 0 Å². The molecule has 5 rings (SSSR count). The van der Waals surface area contributed by atoms with Crippen LogP contribution in [0.15, 0.2) is 62.9 Å². The zero-order valence-corrected chi connectivity index (χ0v) is 18.3. The molecule has 0 amide bonds. The number of aryl methyl sites for hydroxylation is 1. The lowest BCUT2D eigenvalue weighted by molar-refractivity contribution is 0.479. The summed E-state index contributed by atoms with van der Waals surface area (Å²) in [6, 6.07) is 12.1. The summed E-state index contributed by atoms with van der Waals surface area (Å²) < 4.78 is 13.4. The van der Waals surface area contributed by atoms with Gasteiger partial charge in [0.1, 0.15) is 12.0 Å². The number of benzene rings is 1. The number of hydrogen-bond donors (Lipinski definition) is 0. The molecule has 0 spiro atoms. The summed E-state index contributed by atoms with van der Waals surface area (Å²) in [5.41, 5.74) is 3.08. The molecule has 4 heterocycles. The third-order valence-corrected chi connectivity index (χ3v) is 6.43. The van der Waals surface area contributed by atoms with Gasteiger partial charge in [-0.05, 0) is 50.5 Å². The Morgan fingerprint density at radius 1 is 1.00 bits per heavy atom. The number of hydrogen-bond acceptors (Lipinski definition) is 7. The van der Waals surface area contributed by atoms with Gasteiger partial charge in [0.25, 0.3) is 0 Å². The minimum Gasteiger partial charge on any atom is -0.467 e. The highest BCUT2D eigenvalue weighted by molar-refractivity contribution is 7.98. The number of anilines is 1. The van der Waals surface area contributed by atoms with Crippen LogP contribution in [0.1, 0.15) is 36.3 Å². The van der Waals surface area contributed by atoms with E-state index in [2.05, 4.69) is 43.7 Å². The van der Waals surface area contributed by atoms with Crippen molar-refractivity contribution in [2.45, 2.75) is 43.6 Å². The van der Waals surface area contributed by atoms with Crippen LogP contribution in [-0.4, -0.2) is 32.8 Å². The molecule has 7 nitrogen and oxygen atoms in total. The summed E-state index contributed by atoms with van der Waals surface area (Å²) in [5, 5.41) is 9.88. The molecule has 1 saturated heterocycles. The maximum absolute atomic E-state index is 5.70. The second-order valence-corrected chi connectivity index (χ2v) is 8.74. The molecule has 4 aromatic rings.